The van der Waals surface area contributed by atoms with Gasteiger partial charge in [0, 0.05) is 19.6 Å². The molecule has 1 saturated heterocycles. The summed E-state index contributed by atoms with van der Waals surface area (Å²) >= 11 is 0. The fourth-order valence-electron chi connectivity index (χ4n) is 1.65. The van der Waals surface area contributed by atoms with Crippen LogP contribution in [0.1, 0.15) is 10.5 Å². The van der Waals surface area contributed by atoms with E-state index in [9.17, 15) is 4.79 Å². The van der Waals surface area contributed by atoms with Crippen molar-refractivity contribution >= 4 is 5.91 Å². The second kappa shape index (κ2) is 5.71. The highest BCUT2D eigenvalue weighted by atomic mass is 16.5. The molecule has 1 amide bonds. The Morgan fingerprint density at radius 3 is 2.94 bits per heavy atom. The molecule has 2 rings (SSSR count). The van der Waals surface area contributed by atoms with Crippen molar-refractivity contribution in [2.75, 3.05) is 32.8 Å². The molecule has 0 saturated carbocycles. The second-order valence-electron chi connectivity index (χ2n) is 3.79. The summed E-state index contributed by atoms with van der Waals surface area (Å²) < 4.78 is 6.90. The lowest BCUT2D eigenvalue weighted by Gasteiger charge is -2.26. The summed E-state index contributed by atoms with van der Waals surface area (Å²) in [6.07, 6.45) is 1.59. The number of hydrogen-bond acceptors (Lipinski definition) is 6. The molecule has 1 aromatic rings. The fraction of sp³-hybridized carbons (Fsp3) is 0.667. The summed E-state index contributed by atoms with van der Waals surface area (Å²) in [7, 11) is 0. The molecule has 1 aliphatic rings. The lowest BCUT2D eigenvalue weighted by molar-refractivity contribution is 0.0359. The van der Waals surface area contributed by atoms with E-state index < -0.39 is 5.91 Å². The first-order chi connectivity index (χ1) is 8.29. The van der Waals surface area contributed by atoms with Crippen LogP contribution in [0.25, 0.3) is 0 Å². The van der Waals surface area contributed by atoms with Crippen molar-refractivity contribution in [2.45, 2.75) is 6.54 Å². The third-order valence-corrected chi connectivity index (χ3v) is 2.65. The molecule has 3 N–H and O–H groups in total. The van der Waals surface area contributed by atoms with Crippen molar-refractivity contribution in [3.8, 4) is 0 Å². The third-order valence-electron chi connectivity index (χ3n) is 2.65. The maximum atomic E-state index is 11.2. The molecule has 1 aliphatic heterocycles. The Morgan fingerprint density at radius 1 is 1.47 bits per heavy atom. The lowest BCUT2D eigenvalue weighted by atomic mass is 10.4. The van der Waals surface area contributed by atoms with E-state index in [4.69, 9.17) is 10.6 Å². The van der Waals surface area contributed by atoms with Gasteiger partial charge in [-0.05, 0) is 0 Å². The number of carbonyl (C=O) groups is 1. The zero-order valence-corrected chi connectivity index (χ0v) is 9.50. The molecule has 17 heavy (non-hydrogen) atoms. The molecule has 8 nitrogen and oxygen atoms in total. The van der Waals surface area contributed by atoms with Gasteiger partial charge in [-0.3, -0.25) is 19.8 Å². The van der Waals surface area contributed by atoms with Crippen LogP contribution in [-0.2, 0) is 11.3 Å². The monoisotopic (exact) mass is 240 g/mol. The summed E-state index contributed by atoms with van der Waals surface area (Å²) in [5, 5.41) is 7.59. The van der Waals surface area contributed by atoms with Gasteiger partial charge in [-0.2, -0.15) is 0 Å². The predicted octanol–water partition coefficient (Wildman–Crippen LogP) is -1.79. The van der Waals surface area contributed by atoms with E-state index in [1.165, 1.54) is 0 Å². The van der Waals surface area contributed by atoms with Gasteiger partial charge in [-0.1, -0.05) is 5.21 Å². The average Bonchev–Trinajstić information content (AvgIpc) is 2.85. The van der Waals surface area contributed by atoms with Gasteiger partial charge in [-0.25, -0.2) is 5.84 Å². The Kier molecular flexibility index (Phi) is 4.02. The summed E-state index contributed by atoms with van der Waals surface area (Å²) in [4.78, 5) is 13.4. The number of nitrogen functional groups attached to an aromatic ring is 1. The average molecular weight is 240 g/mol. The van der Waals surface area contributed by atoms with Crippen LogP contribution in [0.3, 0.4) is 0 Å². The number of nitrogens with zero attached hydrogens (tertiary/aromatic N) is 4. The van der Waals surface area contributed by atoms with Crippen LogP contribution in [0.4, 0.5) is 0 Å². The first-order valence-electron chi connectivity index (χ1n) is 5.51. The Bertz CT molecular complexity index is 373. The maximum absolute atomic E-state index is 11.2. The zero-order chi connectivity index (χ0) is 12.1. The van der Waals surface area contributed by atoms with Crippen molar-refractivity contribution in [3.63, 3.8) is 0 Å². The smallest absolute Gasteiger partial charge is 0.287 e. The van der Waals surface area contributed by atoms with E-state index in [1.807, 2.05) is 5.43 Å². The molecule has 94 valence electrons. The van der Waals surface area contributed by atoms with Crippen molar-refractivity contribution in [1.82, 2.24) is 25.3 Å². The van der Waals surface area contributed by atoms with E-state index in [0.29, 0.717) is 6.54 Å². The highest BCUT2D eigenvalue weighted by Crippen LogP contribution is 1.98. The van der Waals surface area contributed by atoms with E-state index in [-0.39, 0.29) is 5.69 Å². The minimum Gasteiger partial charge on any atom is -0.379 e. The number of aromatic nitrogens is 3. The zero-order valence-electron chi connectivity index (χ0n) is 9.50. The van der Waals surface area contributed by atoms with Gasteiger partial charge in [0.2, 0.25) is 0 Å². The number of rotatable bonds is 4. The van der Waals surface area contributed by atoms with E-state index in [1.54, 1.807) is 10.9 Å². The molecule has 0 unspecified atom stereocenters. The lowest BCUT2D eigenvalue weighted by Crippen LogP contribution is -2.38. The first-order valence-corrected chi connectivity index (χ1v) is 5.51. The van der Waals surface area contributed by atoms with Gasteiger partial charge >= 0.3 is 0 Å². The molecular weight excluding hydrogens is 224 g/mol. The summed E-state index contributed by atoms with van der Waals surface area (Å²) in [6.45, 7) is 4.99. The second-order valence-corrected chi connectivity index (χ2v) is 3.79. The molecule has 1 fully saturated rings. The molecule has 8 heteroatoms. The largest absolute Gasteiger partial charge is 0.379 e. The van der Waals surface area contributed by atoms with Gasteiger partial charge in [-0.15, -0.1) is 5.10 Å². The maximum Gasteiger partial charge on any atom is 0.287 e. The minimum absolute atomic E-state index is 0.231. The summed E-state index contributed by atoms with van der Waals surface area (Å²) in [6, 6.07) is 0. The Hall–Kier alpha value is -1.51. The number of amides is 1. The normalized spacial score (nSPS) is 17.0. The number of hydrogen-bond donors (Lipinski definition) is 2. The van der Waals surface area contributed by atoms with Gasteiger partial charge in [0.1, 0.15) is 0 Å². The molecule has 0 bridgehead atoms. The van der Waals surface area contributed by atoms with Crippen LogP contribution in [0.5, 0.6) is 0 Å². The predicted molar refractivity (Wildman–Crippen MR) is 58.9 cm³/mol. The minimum atomic E-state index is -0.428. The van der Waals surface area contributed by atoms with Crippen LogP contribution in [0.15, 0.2) is 6.20 Å². The van der Waals surface area contributed by atoms with Crippen LogP contribution in [-0.4, -0.2) is 58.6 Å². The Morgan fingerprint density at radius 2 is 2.24 bits per heavy atom. The summed E-state index contributed by atoms with van der Waals surface area (Å²) in [5.74, 6) is 4.58. The van der Waals surface area contributed by atoms with Crippen LogP contribution >= 0.6 is 0 Å². The molecular formula is C9H16N6O2. The number of ether oxygens (including phenoxy) is 1. The molecule has 0 aliphatic carbocycles. The van der Waals surface area contributed by atoms with E-state index in [0.717, 1.165) is 32.8 Å². The molecule has 0 radical (unpaired) electrons. The highest BCUT2D eigenvalue weighted by Gasteiger charge is 2.12. The Balaban J connectivity index is 1.82. The van der Waals surface area contributed by atoms with Crippen molar-refractivity contribution in [3.05, 3.63) is 11.9 Å². The van der Waals surface area contributed by atoms with Crippen LogP contribution in [0.2, 0.25) is 0 Å². The van der Waals surface area contributed by atoms with E-state index >= 15 is 0 Å². The van der Waals surface area contributed by atoms with Crippen LogP contribution in [0, 0.1) is 0 Å². The highest BCUT2D eigenvalue weighted by molar-refractivity contribution is 5.91. The fourth-order valence-corrected chi connectivity index (χ4v) is 1.65. The SMILES string of the molecule is NNC(=O)c1cn(CCN2CCOCC2)nn1. The van der Waals surface area contributed by atoms with Gasteiger partial charge in [0.15, 0.2) is 5.69 Å². The Labute approximate surface area is 98.7 Å². The molecule has 0 spiro atoms. The number of hydrazine groups is 1. The molecule has 1 aromatic heterocycles. The van der Waals surface area contributed by atoms with Crippen molar-refractivity contribution in [2.24, 2.45) is 5.84 Å². The van der Waals surface area contributed by atoms with Crippen LogP contribution < -0.4 is 11.3 Å². The quantitative estimate of drug-likeness (QED) is 0.366. The van der Waals surface area contributed by atoms with Crippen molar-refractivity contribution in [1.29, 1.82) is 0 Å². The number of nitrogens with one attached hydrogen (secondary N) is 1. The van der Waals surface area contributed by atoms with Crippen molar-refractivity contribution < 1.29 is 9.53 Å². The molecule has 2 heterocycles. The first kappa shape index (κ1) is 12.0. The van der Waals surface area contributed by atoms with Gasteiger partial charge in [0.25, 0.3) is 5.91 Å². The van der Waals surface area contributed by atoms with Gasteiger partial charge in [0.05, 0.1) is 26.0 Å². The third kappa shape index (κ3) is 3.22. The number of nitrogens with two attached hydrogens (primary N) is 1. The standard InChI is InChI=1S/C9H16N6O2/c10-11-9(16)8-7-15(13-12-8)2-1-14-3-5-17-6-4-14/h7H,1-6,10H2,(H,11,16). The van der Waals surface area contributed by atoms with E-state index in [2.05, 4.69) is 15.2 Å². The molecule has 0 aromatic carbocycles. The number of morpholine rings is 1. The van der Waals surface area contributed by atoms with Gasteiger partial charge < -0.3 is 4.74 Å². The topological polar surface area (TPSA) is 98.3 Å². The molecule has 0 atom stereocenters. The number of carbonyl (C=O) groups excluding carboxylic acids is 1. The summed E-state index contributed by atoms with van der Waals surface area (Å²) in [5.41, 5.74) is 2.25.